The Balaban J connectivity index is 1.75. The molecule has 1 heterocycles. The lowest BCUT2D eigenvalue weighted by atomic mass is 9.76. The summed E-state index contributed by atoms with van der Waals surface area (Å²) in [6, 6.07) is 6.18. The third-order valence-corrected chi connectivity index (χ3v) is 5.25. The molecule has 2 aliphatic rings. The van der Waals surface area contributed by atoms with Crippen LogP contribution in [0.5, 0.6) is 5.75 Å². The molecule has 0 spiro atoms. The molecule has 23 heavy (non-hydrogen) atoms. The van der Waals surface area contributed by atoms with E-state index in [2.05, 4.69) is 58.9 Å². The van der Waals surface area contributed by atoms with Gasteiger partial charge in [-0.2, -0.15) is 0 Å². The molecule has 1 atom stereocenters. The van der Waals surface area contributed by atoms with Crippen LogP contribution < -0.4 is 10.2 Å². The van der Waals surface area contributed by atoms with Crippen LogP contribution in [0.3, 0.4) is 0 Å². The second kappa shape index (κ2) is 5.99. The van der Waals surface area contributed by atoms with Gasteiger partial charge in [0.2, 0.25) is 0 Å². The van der Waals surface area contributed by atoms with Crippen molar-refractivity contribution >= 4 is 12.6 Å². The van der Waals surface area contributed by atoms with Gasteiger partial charge in [0.05, 0.1) is 11.2 Å². The van der Waals surface area contributed by atoms with E-state index >= 15 is 0 Å². The van der Waals surface area contributed by atoms with E-state index in [1.165, 1.54) is 12.8 Å². The Kier molecular flexibility index (Phi) is 4.32. The minimum atomic E-state index is -0.316. The van der Waals surface area contributed by atoms with Gasteiger partial charge in [0.15, 0.2) is 0 Å². The first-order valence-electron chi connectivity index (χ1n) is 8.58. The largest absolute Gasteiger partial charge is 0.495 e. The molecule has 0 radical (unpaired) electrons. The number of hydrogen-bond donors (Lipinski definition) is 0. The van der Waals surface area contributed by atoms with Gasteiger partial charge in [0.25, 0.3) is 0 Å². The van der Waals surface area contributed by atoms with Gasteiger partial charge < -0.3 is 14.0 Å². The highest BCUT2D eigenvalue weighted by atomic mass is 16.7. The molecule has 4 heteroatoms. The van der Waals surface area contributed by atoms with Gasteiger partial charge in [-0.3, -0.25) is 0 Å². The lowest BCUT2D eigenvalue weighted by Gasteiger charge is -2.32. The molecule has 1 aromatic rings. The lowest BCUT2D eigenvalue weighted by molar-refractivity contribution is 0.00578. The molecule has 3 nitrogen and oxygen atoms in total. The Hall–Kier alpha value is -1.26. The fourth-order valence-corrected chi connectivity index (χ4v) is 3.01. The average molecular weight is 314 g/mol. The average Bonchev–Trinajstić information content (AvgIpc) is 2.68. The van der Waals surface area contributed by atoms with Crippen molar-refractivity contribution in [2.75, 3.05) is 0 Å². The Morgan fingerprint density at radius 1 is 1.13 bits per heavy atom. The Labute approximate surface area is 140 Å². The van der Waals surface area contributed by atoms with E-state index in [0.717, 1.165) is 23.2 Å². The first kappa shape index (κ1) is 16.6. The van der Waals surface area contributed by atoms with Crippen LogP contribution in [0, 0.1) is 6.92 Å². The summed E-state index contributed by atoms with van der Waals surface area (Å²) in [5, 5.41) is 0. The molecular weight excluding hydrogens is 287 g/mol. The Morgan fingerprint density at radius 3 is 2.39 bits per heavy atom. The second-order valence-corrected chi connectivity index (χ2v) is 7.62. The van der Waals surface area contributed by atoms with Gasteiger partial charge >= 0.3 is 7.12 Å². The number of hydrogen-bond acceptors (Lipinski definition) is 3. The summed E-state index contributed by atoms with van der Waals surface area (Å²) in [4.78, 5) is 0. The molecule has 0 amide bonds. The van der Waals surface area contributed by atoms with E-state index < -0.39 is 0 Å². The molecule has 0 bridgehead atoms. The fraction of sp³-hybridized carbons (Fsp3) is 0.579. The van der Waals surface area contributed by atoms with Crippen molar-refractivity contribution in [3.63, 3.8) is 0 Å². The molecule has 1 aliphatic heterocycles. The number of allylic oxidation sites excluding steroid dienone is 1. The summed E-state index contributed by atoms with van der Waals surface area (Å²) in [7, 11) is -0.316. The molecule has 1 unspecified atom stereocenters. The molecule has 0 aromatic heterocycles. The Bertz CT molecular complexity index is 591. The van der Waals surface area contributed by atoms with E-state index in [-0.39, 0.29) is 24.4 Å². The third-order valence-electron chi connectivity index (χ3n) is 5.25. The monoisotopic (exact) mass is 314 g/mol. The predicted octanol–water partition coefficient (Wildman–Crippen LogP) is 3.78. The minimum Gasteiger partial charge on any atom is -0.486 e. The summed E-state index contributed by atoms with van der Waals surface area (Å²) in [5.41, 5.74) is 1.59. The molecule has 1 saturated heterocycles. The van der Waals surface area contributed by atoms with Crippen LogP contribution in [0.1, 0.15) is 52.5 Å². The SMILES string of the molecule is Cc1cc(OC2C=CCCC2)ccc1B1OC(C)(C)C(C)(C)O1. The molecular formula is C19H27BO3. The van der Waals surface area contributed by atoms with Crippen LogP contribution in [0.4, 0.5) is 0 Å². The predicted molar refractivity (Wildman–Crippen MR) is 94.3 cm³/mol. The van der Waals surface area contributed by atoms with Gasteiger partial charge in [-0.1, -0.05) is 12.1 Å². The smallest absolute Gasteiger partial charge is 0.486 e. The van der Waals surface area contributed by atoms with Crippen molar-refractivity contribution in [1.29, 1.82) is 0 Å². The van der Waals surface area contributed by atoms with Gasteiger partial charge in [-0.15, -0.1) is 0 Å². The molecule has 1 aliphatic carbocycles. The standard InChI is InChI=1S/C19H27BO3/c1-14-13-16(21-15-9-7-6-8-10-15)11-12-17(14)20-22-18(2,3)19(4,5)23-20/h7,9,11-13,15H,6,8,10H2,1-5H3. The molecule has 1 aromatic carbocycles. The van der Waals surface area contributed by atoms with Crippen LogP contribution in [-0.2, 0) is 9.31 Å². The van der Waals surface area contributed by atoms with E-state index in [0.29, 0.717) is 0 Å². The second-order valence-electron chi connectivity index (χ2n) is 7.62. The van der Waals surface area contributed by atoms with Gasteiger partial charge in [-0.25, -0.2) is 0 Å². The quantitative estimate of drug-likeness (QED) is 0.628. The summed E-state index contributed by atoms with van der Waals surface area (Å²) in [6.45, 7) is 10.4. The summed E-state index contributed by atoms with van der Waals surface area (Å²) >= 11 is 0. The van der Waals surface area contributed by atoms with Crippen molar-refractivity contribution in [2.24, 2.45) is 0 Å². The number of aryl methyl sites for hydroxylation is 1. The highest BCUT2D eigenvalue weighted by Crippen LogP contribution is 2.36. The van der Waals surface area contributed by atoms with Crippen molar-refractivity contribution in [1.82, 2.24) is 0 Å². The van der Waals surface area contributed by atoms with E-state index in [9.17, 15) is 0 Å². The summed E-state index contributed by atoms with van der Waals surface area (Å²) in [6.07, 6.45) is 8.03. The maximum Gasteiger partial charge on any atom is 0.495 e. The number of benzene rings is 1. The van der Waals surface area contributed by atoms with E-state index in [4.69, 9.17) is 14.0 Å². The van der Waals surface area contributed by atoms with Crippen LogP contribution in [0.25, 0.3) is 0 Å². The topological polar surface area (TPSA) is 27.7 Å². The summed E-state index contributed by atoms with van der Waals surface area (Å²) in [5.74, 6) is 0.916. The third kappa shape index (κ3) is 3.34. The highest BCUT2D eigenvalue weighted by Gasteiger charge is 2.52. The molecule has 0 N–H and O–H groups in total. The number of rotatable bonds is 3. The molecule has 124 valence electrons. The van der Waals surface area contributed by atoms with Crippen LogP contribution in [0.15, 0.2) is 30.4 Å². The van der Waals surface area contributed by atoms with Gasteiger partial charge in [0, 0.05) is 0 Å². The van der Waals surface area contributed by atoms with Crippen molar-refractivity contribution < 1.29 is 14.0 Å². The van der Waals surface area contributed by atoms with Gasteiger partial charge in [-0.05, 0) is 83.1 Å². The van der Waals surface area contributed by atoms with Crippen LogP contribution in [-0.4, -0.2) is 24.4 Å². The molecule has 3 rings (SSSR count). The van der Waals surface area contributed by atoms with Crippen molar-refractivity contribution in [3.05, 3.63) is 35.9 Å². The van der Waals surface area contributed by atoms with E-state index in [1.54, 1.807) is 0 Å². The minimum absolute atomic E-state index is 0.200. The van der Waals surface area contributed by atoms with E-state index in [1.807, 2.05) is 6.07 Å². The maximum atomic E-state index is 6.15. The maximum absolute atomic E-state index is 6.15. The lowest BCUT2D eigenvalue weighted by Crippen LogP contribution is -2.41. The zero-order valence-corrected chi connectivity index (χ0v) is 14.9. The Morgan fingerprint density at radius 2 is 1.83 bits per heavy atom. The first-order chi connectivity index (χ1) is 10.8. The highest BCUT2D eigenvalue weighted by molar-refractivity contribution is 6.62. The van der Waals surface area contributed by atoms with Crippen molar-refractivity contribution in [2.45, 2.75) is 71.2 Å². The van der Waals surface area contributed by atoms with Crippen LogP contribution >= 0.6 is 0 Å². The zero-order chi connectivity index (χ0) is 16.7. The normalized spacial score (nSPS) is 25.6. The van der Waals surface area contributed by atoms with Crippen molar-refractivity contribution in [3.8, 4) is 5.75 Å². The zero-order valence-electron chi connectivity index (χ0n) is 14.9. The fourth-order valence-electron chi connectivity index (χ4n) is 3.01. The number of ether oxygens (including phenoxy) is 1. The first-order valence-corrected chi connectivity index (χ1v) is 8.58. The molecule has 1 fully saturated rings. The molecule has 0 saturated carbocycles. The van der Waals surface area contributed by atoms with Gasteiger partial charge in [0.1, 0.15) is 11.9 Å². The summed E-state index contributed by atoms with van der Waals surface area (Å²) < 4.78 is 18.4. The van der Waals surface area contributed by atoms with Crippen LogP contribution in [0.2, 0.25) is 0 Å².